The average Bonchev–Trinajstić information content (AvgIpc) is 2.16. The zero-order valence-corrected chi connectivity index (χ0v) is 9.96. The highest BCUT2D eigenvalue weighted by Crippen LogP contribution is 2.25. The first-order chi connectivity index (χ1) is 7.25. The zero-order valence-electron chi connectivity index (χ0n) is 8.37. The molecule has 0 aromatic carbocycles. The summed E-state index contributed by atoms with van der Waals surface area (Å²) in [6, 6.07) is 3.55. The summed E-state index contributed by atoms with van der Waals surface area (Å²) in [7, 11) is 0. The lowest BCUT2D eigenvalue weighted by Crippen LogP contribution is -2.32. The molecule has 1 saturated carbocycles. The molecule has 1 aliphatic rings. The molecule has 3 nitrogen and oxygen atoms in total. The molecule has 15 heavy (non-hydrogen) atoms. The number of aromatic nitrogens is 1. The Morgan fingerprint density at radius 2 is 2.33 bits per heavy atom. The van der Waals surface area contributed by atoms with Crippen LogP contribution in [0.3, 0.4) is 0 Å². The second-order valence-electron chi connectivity index (χ2n) is 3.88. The molecule has 1 aromatic rings. The minimum absolute atomic E-state index is 0.0260. The van der Waals surface area contributed by atoms with Crippen molar-refractivity contribution in [3.8, 4) is 0 Å². The molecule has 0 bridgehead atoms. The van der Waals surface area contributed by atoms with E-state index < -0.39 is 0 Å². The van der Waals surface area contributed by atoms with Gasteiger partial charge < -0.3 is 5.32 Å². The van der Waals surface area contributed by atoms with E-state index in [1.807, 2.05) is 0 Å². The molecule has 0 unspecified atom stereocenters. The number of amides is 1. The number of pyridine rings is 1. The van der Waals surface area contributed by atoms with Crippen LogP contribution in [0.1, 0.15) is 29.6 Å². The smallest absolute Gasteiger partial charge is 0.252 e. The molecule has 1 N–H and O–H groups in total. The Bertz CT molecular complexity index is 346. The summed E-state index contributed by atoms with van der Waals surface area (Å²) in [4.78, 5) is 15.7. The number of carbonyl (C=O) groups is 1. The first-order valence-corrected chi connectivity index (χ1v) is 5.95. The third kappa shape index (κ3) is 2.78. The standard InChI is InChI=1S/C11H13BrN2O/c12-10-5-4-9(7-13-10)11(15)14-6-8-2-1-3-8/h4-5,7-8H,1-3,6H2,(H,14,15). The van der Waals surface area contributed by atoms with Crippen LogP contribution < -0.4 is 5.32 Å². The summed E-state index contributed by atoms with van der Waals surface area (Å²) >= 11 is 3.23. The highest BCUT2D eigenvalue weighted by atomic mass is 79.9. The Kier molecular flexibility index (Phi) is 3.36. The Balaban J connectivity index is 1.86. The quantitative estimate of drug-likeness (QED) is 0.856. The number of halogens is 1. The molecule has 1 aliphatic carbocycles. The van der Waals surface area contributed by atoms with Crippen molar-refractivity contribution in [2.24, 2.45) is 5.92 Å². The monoisotopic (exact) mass is 268 g/mol. The van der Waals surface area contributed by atoms with Crippen LogP contribution in [0.5, 0.6) is 0 Å². The van der Waals surface area contributed by atoms with Crippen LogP contribution in [0.25, 0.3) is 0 Å². The Morgan fingerprint density at radius 3 is 2.87 bits per heavy atom. The minimum Gasteiger partial charge on any atom is -0.352 e. The van der Waals surface area contributed by atoms with Gasteiger partial charge in [0.15, 0.2) is 0 Å². The Hall–Kier alpha value is -0.900. The molecule has 4 heteroatoms. The van der Waals surface area contributed by atoms with E-state index >= 15 is 0 Å². The summed E-state index contributed by atoms with van der Waals surface area (Å²) in [6.07, 6.45) is 5.39. The van der Waals surface area contributed by atoms with Gasteiger partial charge in [0.1, 0.15) is 4.60 Å². The van der Waals surface area contributed by atoms with E-state index in [2.05, 4.69) is 26.2 Å². The largest absolute Gasteiger partial charge is 0.352 e. The first-order valence-electron chi connectivity index (χ1n) is 5.15. The van der Waals surface area contributed by atoms with Crippen molar-refractivity contribution >= 4 is 21.8 Å². The summed E-state index contributed by atoms with van der Waals surface area (Å²) in [5.41, 5.74) is 0.623. The fraction of sp³-hybridized carbons (Fsp3) is 0.455. The van der Waals surface area contributed by atoms with Crippen LogP contribution in [-0.4, -0.2) is 17.4 Å². The maximum absolute atomic E-state index is 11.6. The molecule has 0 saturated heterocycles. The Labute approximate surface area is 97.4 Å². The lowest BCUT2D eigenvalue weighted by molar-refractivity contribution is 0.0938. The van der Waals surface area contributed by atoms with E-state index in [0.717, 1.165) is 11.1 Å². The van der Waals surface area contributed by atoms with Crippen molar-refractivity contribution < 1.29 is 4.79 Å². The van der Waals surface area contributed by atoms with Gasteiger partial charge in [-0.25, -0.2) is 4.98 Å². The SMILES string of the molecule is O=C(NCC1CCC1)c1ccc(Br)nc1. The van der Waals surface area contributed by atoms with Crippen LogP contribution in [0.2, 0.25) is 0 Å². The van der Waals surface area contributed by atoms with Gasteiger partial charge in [-0.05, 0) is 46.8 Å². The van der Waals surface area contributed by atoms with Gasteiger partial charge in [-0.1, -0.05) is 6.42 Å². The van der Waals surface area contributed by atoms with E-state index in [1.54, 1.807) is 18.3 Å². The molecule has 1 heterocycles. The number of carbonyl (C=O) groups excluding carboxylic acids is 1. The molecular formula is C11H13BrN2O. The van der Waals surface area contributed by atoms with Crippen LogP contribution in [0.15, 0.2) is 22.9 Å². The van der Waals surface area contributed by atoms with Gasteiger partial charge in [-0.3, -0.25) is 4.79 Å². The topological polar surface area (TPSA) is 42.0 Å². The Morgan fingerprint density at radius 1 is 1.53 bits per heavy atom. The van der Waals surface area contributed by atoms with Gasteiger partial charge in [0.05, 0.1) is 5.56 Å². The van der Waals surface area contributed by atoms with E-state index in [9.17, 15) is 4.79 Å². The van der Waals surface area contributed by atoms with Crippen molar-refractivity contribution in [3.05, 3.63) is 28.5 Å². The molecule has 1 aromatic heterocycles. The molecule has 1 amide bonds. The summed E-state index contributed by atoms with van der Waals surface area (Å²) in [6.45, 7) is 0.800. The second-order valence-corrected chi connectivity index (χ2v) is 4.69. The number of hydrogen-bond donors (Lipinski definition) is 1. The predicted octanol–water partition coefficient (Wildman–Crippen LogP) is 2.37. The summed E-state index contributed by atoms with van der Waals surface area (Å²) < 4.78 is 0.748. The highest BCUT2D eigenvalue weighted by Gasteiger charge is 2.18. The van der Waals surface area contributed by atoms with Crippen LogP contribution >= 0.6 is 15.9 Å². The summed E-state index contributed by atoms with van der Waals surface area (Å²) in [5, 5.41) is 2.93. The van der Waals surface area contributed by atoms with Crippen LogP contribution in [0, 0.1) is 5.92 Å². The first kappa shape index (κ1) is 10.6. The van der Waals surface area contributed by atoms with Crippen molar-refractivity contribution in [2.75, 3.05) is 6.54 Å². The third-order valence-corrected chi connectivity index (χ3v) is 3.23. The maximum atomic E-state index is 11.6. The van der Waals surface area contributed by atoms with Gasteiger partial charge in [0.25, 0.3) is 5.91 Å². The van der Waals surface area contributed by atoms with E-state index in [4.69, 9.17) is 0 Å². The third-order valence-electron chi connectivity index (χ3n) is 2.77. The summed E-state index contributed by atoms with van der Waals surface area (Å²) in [5.74, 6) is 0.666. The molecule has 1 fully saturated rings. The van der Waals surface area contributed by atoms with Crippen molar-refractivity contribution in [2.45, 2.75) is 19.3 Å². The lowest BCUT2D eigenvalue weighted by atomic mass is 9.85. The van der Waals surface area contributed by atoms with Crippen molar-refractivity contribution in [1.29, 1.82) is 0 Å². The van der Waals surface area contributed by atoms with Gasteiger partial charge >= 0.3 is 0 Å². The van der Waals surface area contributed by atoms with Gasteiger partial charge in [-0.2, -0.15) is 0 Å². The van der Waals surface area contributed by atoms with Gasteiger partial charge in [0, 0.05) is 12.7 Å². The molecule has 0 radical (unpaired) electrons. The van der Waals surface area contributed by atoms with Gasteiger partial charge in [0.2, 0.25) is 0 Å². The molecule has 0 aliphatic heterocycles. The molecular weight excluding hydrogens is 256 g/mol. The molecule has 0 spiro atoms. The second kappa shape index (κ2) is 4.75. The fourth-order valence-electron chi connectivity index (χ4n) is 1.55. The number of nitrogens with one attached hydrogen (secondary N) is 1. The van der Waals surface area contributed by atoms with Crippen LogP contribution in [0.4, 0.5) is 0 Å². The van der Waals surface area contributed by atoms with E-state index in [-0.39, 0.29) is 5.91 Å². The number of hydrogen-bond acceptors (Lipinski definition) is 2. The minimum atomic E-state index is -0.0260. The maximum Gasteiger partial charge on any atom is 0.252 e. The lowest BCUT2D eigenvalue weighted by Gasteiger charge is -2.25. The number of nitrogens with zero attached hydrogens (tertiary/aromatic N) is 1. The highest BCUT2D eigenvalue weighted by molar-refractivity contribution is 9.10. The molecule has 0 atom stereocenters. The number of rotatable bonds is 3. The fourth-order valence-corrected chi connectivity index (χ4v) is 1.78. The van der Waals surface area contributed by atoms with Gasteiger partial charge in [-0.15, -0.1) is 0 Å². The zero-order chi connectivity index (χ0) is 10.7. The van der Waals surface area contributed by atoms with Crippen LogP contribution in [-0.2, 0) is 0 Å². The normalized spacial score (nSPS) is 15.8. The van der Waals surface area contributed by atoms with E-state index in [1.165, 1.54) is 19.3 Å². The van der Waals surface area contributed by atoms with Crippen molar-refractivity contribution in [3.63, 3.8) is 0 Å². The molecule has 80 valence electrons. The van der Waals surface area contributed by atoms with Crippen molar-refractivity contribution in [1.82, 2.24) is 10.3 Å². The average molecular weight is 269 g/mol. The predicted molar refractivity (Wildman–Crippen MR) is 61.6 cm³/mol. The molecule has 2 rings (SSSR count). The van der Waals surface area contributed by atoms with E-state index in [0.29, 0.717) is 11.5 Å².